The van der Waals surface area contributed by atoms with E-state index in [0.717, 1.165) is 0 Å². The monoisotopic (exact) mass is 352 g/mol. The van der Waals surface area contributed by atoms with Crippen molar-refractivity contribution in [3.05, 3.63) is 22.4 Å². The maximum atomic E-state index is 11.3. The number of nitrogens with zero attached hydrogens (tertiary/aromatic N) is 2. The number of rotatable bonds is 4. The van der Waals surface area contributed by atoms with Crippen molar-refractivity contribution in [3.63, 3.8) is 0 Å². The lowest BCUT2D eigenvalue weighted by Gasteiger charge is -2.32. The molecule has 1 amide bonds. The molecule has 0 aliphatic carbocycles. The predicted octanol–water partition coefficient (Wildman–Crippen LogP) is 1.86. The highest BCUT2D eigenvalue weighted by Crippen LogP contribution is 2.38. The molecule has 0 spiro atoms. The van der Waals surface area contributed by atoms with Gasteiger partial charge in [0.2, 0.25) is 11.9 Å². The van der Waals surface area contributed by atoms with Gasteiger partial charge in [-0.1, -0.05) is 17.7 Å². The normalized spacial score (nSPS) is 19.4. The highest BCUT2D eigenvalue weighted by Gasteiger charge is 2.52. The minimum atomic E-state index is -0.615. The Balaban J connectivity index is 2.35. The summed E-state index contributed by atoms with van der Waals surface area (Å²) >= 11 is 6.11. The maximum Gasteiger partial charge on any atom is 0.492 e. The molecule has 2 rings (SSSR count). The summed E-state index contributed by atoms with van der Waals surface area (Å²) in [7, 11) is -0.615. The number of carbonyl (C=O) groups excluding carboxylic acids is 1. The van der Waals surface area contributed by atoms with E-state index in [4.69, 9.17) is 26.6 Å². The van der Waals surface area contributed by atoms with Crippen LogP contribution < -0.4 is 11.1 Å². The standard InChI is InChI=1S/C15H22BClN4O3/c1-9(22)19-8-11(6-10-7-20-13(18)21-12(10)17)16-23-14(2,3)15(4,5)24-16/h6-7H,8H2,1-5H3,(H,19,22)(H2,18,20,21). The number of carbonyl (C=O) groups is 1. The smallest absolute Gasteiger partial charge is 0.400 e. The lowest BCUT2D eigenvalue weighted by molar-refractivity contribution is -0.118. The summed E-state index contributed by atoms with van der Waals surface area (Å²) in [5.74, 6) is -0.0618. The van der Waals surface area contributed by atoms with Crippen molar-refractivity contribution in [2.75, 3.05) is 12.3 Å². The van der Waals surface area contributed by atoms with Gasteiger partial charge < -0.3 is 20.4 Å². The molecule has 0 atom stereocenters. The zero-order valence-electron chi connectivity index (χ0n) is 14.5. The summed E-state index contributed by atoms with van der Waals surface area (Å²) in [6, 6.07) is 0. The third-order valence-electron chi connectivity index (χ3n) is 4.23. The minimum absolute atomic E-state index is 0.0937. The number of nitrogens with two attached hydrogens (primary N) is 1. The second-order valence-electron chi connectivity index (χ2n) is 6.69. The van der Waals surface area contributed by atoms with Gasteiger partial charge in [-0.15, -0.1) is 0 Å². The summed E-state index contributed by atoms with van der Waals surface area (Å²) in [5.41, 5.74) is 5.81. The van der Waals surface area contributed by atoms with Gasteiger partial charge in [-0.25, -0.2) is 9.97 Å². The van der Waals surface area contributed by atoms with E-state index in [0.29, 0.717) is 11.0 Å². The summed E-state index contributed by atoms with van der Waals surface area (Å²) in [5, 5.41) is 2.97. The molecule has 0 radical (unpaired) electrons. The zero-order valence-corrected chi connectivity index (χ0v) is 15.3. The van der Waals surface area contributed by atoms with Crippen molar-refractivity contribution in [2.45, 2.75) is 45.8 Å². The second-order valence-corrected chi connectivity index (χ2v) is 7.05. The summed E-state index contributed by atoms with van der Waals surface area (Å²) in [4.78, 5) is 19.2. The molecule has 1 aromatic heterocycles. The van der Waals surface area contributed by atoms with Gasteiger partial charge in [-0.05, 0) is 33.2 Å². The van der Waals surface area contributed by atoms with Gasteiger partial charge in [-0.3, -0.25) is 4.79 Å². The first-order chi connectivity index (χ1) is 11.0. The molecular weight excluding hydrogens is 330 g/mol. The van der Waals surface area contributed by atoms with Crippen molar-refractivity contribution in [1.29, 1.82) is 0 Å². The third-order valence-corrected chi connectivity index (χ3v) is 4.53. The van der Waals surface area contributed by atoms with E-state index in [1.807, 2.05) is 27.7 Å². The molecule has 3 N–H and O–H groups in total. The van der Waals surface area contributed by atoms with E-state index >= 15 is 0 Å². The highest BCUT2D eigenvalue weighted by molar-refractivity contribution is 6.56. The van der Waals surface area contributed by atoms with Crippen LogP contribution in [0.5, 0.6) is 0 Å². The molecule has 0 aromatic carbocycles. The quantitative estimate of drug-likeness (QED) is 0.634. The fraction of sp³-hybridized carbons (Fsp3) is 0.533. The van der Waals surface area contributed by atoms with Gasteiger partial charge in [-0.2, -0.15) is 0 Å². The first-order valence-corrected chi connectivity index (χ1v) is 7.98. The van der Waals surface area contributed by atoms with E-state index in [2.05, 4.69) is 15.3 Å². The van der Waals surface area contributed by atoms with Crippen LogP contribution in [0.3, 0.4) is 0 Å². The van der Waals surface area contributed by atoms with Crippen molar-refractivity contribution < 1.29 is 14.1 Å². The van der Waals surface area contributed by atoms with Gasteiger partial charge >= 0.3 is 7.12 Å². The Kier molecular flexibility index (Phi) is 5.22. The molecule has 2 heterocycles. The van der Waals surface area contributed by atoms with Crippen LogP contribution in [0.1, 0.15) is 40.2 Å². The molecular formula is C15H22BClN4O3. The van der Waals surface area contributed by atoms with Crippen LogP contribution in [0.4, 0.5) is 5.95 Å². The number of halogens is 1. The van der Waals surface area contributed by atoms with Gasteiger partial charge in [0.15, 0.2) is 0 Å². The molecule has 130 valence electrons. The van der Waals surface area contributed by atoms with Crippen LogP contribution in [-0.4, -0.2) is 40.7 Å². The van der Waals surface area contributed by atoms with E-state index < -0.39 is 18.3 Å². The Bertz CT molecular complexity index is 663. The first kappa shape index (κ1) is 18.7. The molecule has 1 fully saturated rings. The number of hydrogen-bond donors (Lipinski definition) is 2. The first-order valence-electron chi connectivity index (χ1n) is 7.60. The highest BCUT2D eigenvalue weighted by atomic mass is 35.5. The average molecular weight is 353 g/mol. The lowest BCUT2D eigenvalue weighted by Crippen LogP contribution is -2.41. The fourth-order valence-corrected chi connectivity index (χ4v) is 2.29. The Labute approximate surface area is 147 Å². The van der Waals surface area contributed by atoms with Crippen LogP contribution in [0.2, 0.25) is 5.15 Å². The molecule has 24 heavy (non-hydrogen) atoms. The Morgan fingerprint density at radius 2 is 1.96 bits per heavy atom. The van der Waals surface area contributed by atoms with Gasteiger partial charge in [0.05, 0.1) is 11.2 Å². The topological polar surface area (TPSA) is 99.4 Å². The number of amides is 1. The fourth-order valence-electron chi connectivity index (χ4n) is 2.10. The average Bonchev–Trinajstić information content (AvgIpc) is 2.65. The Morgan fingerprint density at radius 3 is 2.46 bits per heavy atom. The number of nitrogens with one attached hydrogen (secondary N) is 1. The van der Waals surface area contributed by atoms with E-state index in [1.54, 1.807) is 6.08 Å². The van der Waals surface area contributed by atoms with Crippen molar-refractivity contribution in [2.24, 2.45) is 0 Å². The van der Waals surface area contributed by atoms with E-state index in [-0.39, 0.29) is 23.6 Å². The maximum absolute atomic E-state index is 11.3. The number of nitrogen functional groups attached to an aromatic ring is 1. The predicted molar refractivity (Wildman–Crippen MR) is 94.2 cm³/mol. The SMILES string of the molecule is CC(=O)NCC(=Cc1cnc(N)nc1Cl)B1OC(C)(C)C(C)(C)O1. The van der Waals surface area contributed by atoms with Gasteiger partial charge in [0.25, 0.3) is 0 Å². The molecule has 7 nitrogen and oxygen atoms in total. The van der Waals surface area contributed by atoms with Crippen LogP contribution >= 0.6 is 11.6 Å². The summed E-state index contributed by atoms with van der Waals surface area (Å²) in [6.07, 6.45) is 3.27. The number of anilines is 1. The van der Waals surface area contributed by atoms with Crippen LogP contribution in [0.15, 0.2) is 11.7 Å². The Hall–Kier alpha value is -1.64. The molecule has 0 unspecified atom stereocenters. The number of hydrogen-bond acceptors (Lipinski definition) is 6. The largest absolute Gasteiger partial charge is 0.492 e. The van der Waals surface area contributed by atoms with Crippen LogP contribution in [0, 0.1) is 0 Å². The summed E-state index contributed by atoms with van der Waals surface area (Å²) < 4.78 is 12.1. The van der Waals surface area contributed by atoms with Gasteiger partial charge in [0.1, 0.15) is 5.15 Å². The molecule has 1 saturated heterocycles. The van der Waals surface area contributed by atoms with Crippen molar-refractivity contribution >= 4 is 36.7 Å². The number of aromatic nitrogens is 2. The van der Waals surface area contributed by atoms with Crippen LogP contribution in [-0.2, 0) is 14.1 Å². The molecule has 1 aliphatic rings. The zero-order chi connectivity index (χ0) is 18.1. The van der Waals surface area contributed by atoms with E-state index in [9.17, 15) is 4.79 Å². The molecule has 0 bridgehead atoms. The molecule has 9 heteroatoms. The second kappa shape index (κ2) is 6.70. The van der Waals surface area contributed by atoms with Crippen molar-refractivity contribution in [1.82, 2.24) is 15.3 Å². The minimum Gasteiger partial charge on any atom is -0.400 e. The van der Waals surface area contributed by atoms with Crippen LogP contribution in [0.25, 0.3) is 6.08 Å². The van der Waals surface area contributed by atoms with Crippen molar-refractivity contribution in [3.8, 4) is 0 Å². The Morgan fingerprint density at radius 1 is 1.38 bits per heavy atom. The molecule has 1 aromatic rings. The summed E-state index contributed by atoms with van der Waals surface area (Å²) in [6.45, 7) is 9.54. The third kappa shape index (κ3) is 4.06. The molecule has 1 aliphatic heterocycles. The van der Waals surface area contributed by atoms with Gasteiger partial charge in [0, 0.05) is 25.2 Å². The lowest BCUT2D eigenvalue weighted by atomic mass is 9.77. The van der Waals surface area contributed by atoms with E-state index in [1.165, 1.54) is 13.1 Å². The molecule has 0 saturated carbocycles.